The zero-order valence-corrected chi connectivity index (χ0v) is 17.1. The number of hydrogen-bond donors (Lipinski definition) is 1. The number of rotatable bonds is 6. The third-order valence-electron chi connectivity index (χ3n) is 4.54. The average Bonchev–Trinajstić information content (AvgIpc) is 3.36. The number of amides is 1. The van der Waals surface area contributed by atoms with E-state index in [1.54, 1.807) is 22.9 Å². The summed E-state index contributed by atoms with van der Waals surface area (Å²) >= 11 is 1.29. The molecule has 8 nitrogen and oxygen atoms in total. The van der Waals surface area contributed by atoms with Gasteiger partial charge in [-0.3, -0.25) is 4.79 Å². The molecule has 9 heteroatoms. The van der Waals surface area contributed by atoms with Gasteiger partial charge in [0.1, 0.15) is 0 Å². The summed E-state index contributed by atoms with van der Waals surface area (Å²) in [6.45, 7) is 6.30. The van der Waals surface area contributed by atoms with E-state index in [1.165, 1.54) is 17.3 Å². The normalized spacial score (nSPS) is 13.5. The van der Waals surface area contributed by atoms with E-state index < -0.39 is 5.25 Å². The number of aromatic nitrogens is 4. The van der Waals surface area contributed by atoms with E-state index in [1.807, 2.05) is 19.1 Å². The van der Waals surface area contributed by atoms with Crippen LogP contribution in [-0.4, -0.2) is 38.2 Å². The summed E-state index contributed by atoms with van der Waals surface area (Å²) in [6.07, 6.45) is 0. The molecule has 2 heterocycles. The minimum Gasteiger partial charge on any atom is -0.454 e. The number of carbonyl (C=O) groups excluding carboxylic acids is 1. The topological polar surface area (TPSA) is 91.2 Å². The summed E-state index contributed by atoms with van der Waals surface area (Å²) < 4.78 is 12.3. The molecule has 0 saturated heterocycles. The lowest BCUT2D eigenvalue weighted by Crippen LogP contribution is -2.22. The van der Waals surface area contributed by atoms with E-state index >= 15 is 0 Å². The van der Waals surface area contributed by atoms with Crippen LogP contribution in [0, 0.1) is 0 Å². The van der Waals surface area contributed by atoms with E-state index in [0.29, 0.717) is 28.3 Å². The van der Waals surface area contributed by atoms with E-state index in [-0.39, 0.29) is 12.7 Å². The van der Waals surface area contributed by atoms with Crippen LogP contribution in [-0.2, 0) is 4.79 Å². The Hall–Kier alpha value is -3.07. The number of hydrogen-bond acceptors (Lipinski definition) is 7. The van der Waals surface area contributed by atoms with Gasteiger partial charge in [0, 0.05) is 11.8 Å². The number of nitrogens with zero attached hydrogens (tertiary/aromatic N) is 4. The van der Waals surface area contributed by atoms with Crippen LogP contribution in [0.25, 0.3) is 5.69 Å². The van der Waals surface area contributed by atoms with Crippen LogP contribution in [0.4, 0.5) is 5.69 Å². The highest BCUT2D eigenvalue weighted by Gasteiger charge is 2.21. The van der Waals surface area contributed by atoms with Gasteiger partial charge >= 0.3 is 0 Å². The fourth-order valence-electron chi connectivity index (χ4n) is 2.84. The molecule has 0 radical (unpaired) electrons. The Bertz CT molecular complexity index is 1020. The van der Waals surface area contributed by atoms with Crippen LogP contribution in [0.3, 0.4) is 0 Å². The molecule has 29 heavy (non-hydrogen) atoms. The van der Waals surface area contributed by atoms with Crippen molar-refractivity contribution in [3.8, 4) is 17.2 Å². The number of nitrogens with one attached hydrogen (secondary N) is 1. The fourth-order valence-corrected chi connectivity index (χ4v) is 3.65. The summed E-state index contributed by atoms with van der Waals surface area (Å²) in [6, 6.07) is 13.4. The first-order valence-corrected chi connectivity index (χ1v) is 10.1. The van der Waals surface area contributed by atoms with Gasteiger partial charge < -0.3 is 14.8 Å². The Morgan fingerprint density at radius 2 is 1.86 bits per heavy atom. The maximum Gasteiger partial charge on any atom is 0.237 e. The molecule has 2 aromatic carbocycles. The molecule has 0 bridgehead atoms. The molecule has 4 rings (SSSR count). The van der Waals surface area contributed by atoms with Crippen molar-refractivity contribution in [2.24, 2.45) is 0 Å². The van der Waals surface area contributed by atoms with Gasteiger partial charge in [0.05, 0.1) is 10.9 Å². The van der Waals surface area contributed by atoms with Gasteiger partial charge in [-0.1, -0.05) is 37.7 Å². The molecule has 150 valence electrons. The van der Waals surface area contributed by atoms with Gasteiger partial charge in [-0.15, -0.1) is 5.10 Å². The molecule has 0 aliphatic carbocycles. The van der Waals surface area contributed by atoms with E-state index in [9.17, 15) is 4.79 Å². The molecule has 1 aliphatic heterocycles. The molecular weight excluding hydrogens is 390 g/mol. The third-order valence-corrected chi connectivity index (χ3v) is 5.57. The third kappa shape index (κ3) is 4.19. The second-order valence-corrected chi connectivity index (χ2v) is 8.24. The number of fused-ring (bicyclic) bond motifs is 1. The van der Waals surface area contributed by atoms with Gasteiger partial charge in [0.2, 0.25) is 17.9 Å². The smallest absolute Gasteiger partial charge is 0.237 e. The Kier molecular flexibility index (Phi) is 5.39. The number of carbonyl (C=O) groups is 1. The van der Waals surface area contributed by atoms with Crippen molar-refractivity contribution in [2.45, 2.75) is 37.1 Å². The maximum absolute atomic E-state index is 12.6. The highest BCUT2D eigenvalue weighted by atomic mass is 32.2. The number of tetrazole rings is 1. The van der Waals surface area contributed by atoms with Gasteiger partial charge in [0.25, 0.3) is 0 Å². The van der Waals surface area contributed by atoms with Crippen LogP contribution in [0.2, 0.25) is 0 Å². The molecule has 1 atom stereocenters. The first-order valence-electron chi connectivity index (χ1n) is 9.27. The Balaban J connectivity index is 1.44. The summed E-state index contributed by atoms with van der Waals surface area (Å²) in [5.41, 5.74) is 2.74. The lowest BCUT2D eigenvalue weighted by Gasteiger charge is -2.12. The lowest BCUT2D eigenvalue weighted by molar-refractivity contribution is -0.115. The molecule has 1 amide bonds. The molecule has 1 aromatic heterocycles. The highest BCUT2D eigenvalue weighted by molar-refractivity contribution is 8.00. The molecule has 0 unspecified atom stereocenters. The number of thioether (sulfide) groups is 1. The molecule has 3 aromatic rings. The summed E-state index contributed by atoms with van der Waals surface area (Å²) in [5.74, 6) is 1.59. The second kappa shape index (κ2) is 8.12. The Morgan fingerprint density at radius 3 is 2.62 bits per heavy atom. The largest absolute Gasteiger partial charge is 0.454 e. The monoisotopic (exact) mass is 411 g/mol. The SMILES string of the molecule is CC(C)c1ccc(-n2nnnc2S[C@H](C)C(=O)Nc2ccc3c(c2)OCO3)cc1. The predicted octanol–water partition coefficient (Wildman–Crippen LogP) is 3.63. The van der Waals surface area contributed by atoms with Gasteiger partial charge in [-0.25, -0.2) is 0 Å². The van der Waals surface area contributed by atoms with Gasteiger partial charge in [0.15, 0.2) is 11.5 Å². The minimum atomic E-state index is -0.403. The van der Waals surface area contributed by atoms with Crippen LogP contribution in [0.5, 0.6) is 11.5 Å². The average molecular weight is 411 g/mol. The molecule has 1 aliphatic rings. The summed E-state index contributed by atoms with van der Waals surface area (Å²) in [4.78, 5) is 12.6. The molecule has 0 spiro atoms. The molecular formula is C20H21N5O3S. The van der Waals surface area contributed by atoms with E-state index in [2.05, 4.69) is 46.8 Å². The standard InChI is InChI=1S/C20H21N5O3S/c1-12(2)14-4-7-16(8-5-14)25-20(22-23-24-25)29-13(3)19(26)21-15-6-9-17-18(10-15)28-11-27-17/h4-10,12-13H,11H2,1-3H3,(H,21,26)/t13-/m1/s1. The first kappa shape index (κ1) is 19.3. The summed E-state index contributed by atoms with van der Waals surface area (Å²) in [7, 11) is 0. The second-order valence-electron chi connectivity index (χ2n) is 6.94. The van der Waals surface area contributed by atoms with Crippen molar-refractivity contribution < 1.29 is 14.3 Å². The zero-order valence-electron chi connectivity index (χ0n) is 16.3. The van der Waals surface area contributed by atoms with Crippen molar-refractivity contribution in [3.05, 3.63) is 48.0 Å². The van der Waals surface area contributed by atoms with Crippen LogP contribution in [0.15, 0.2) is 47.6 Å². The van der Waals surface area contributed by atoms with Crippen molar-refractivity contribution in [1.29, 1.82) is 0 Å². The lowest BCUT2D eigenvalue weighted by atomic mass is 10.0. The Morgan fingerprint density at radius 1 is 1.10 bits per heavy atom. The van der Waals surface area contributed by atoms with Crippen molar-refractivity contribution in [3.63, 3.8) is 0 Å². The van der Waals surface area contributed by atoms with Crippen molar-refractivity contribution in [1.82, 2.24) is 20.2 Å². The quantitative estimate of drug-likeness (QED) is 0.619. The fraction of sp³-hybridized carbons (Fsp3) is 0.300. The minimum absolute atomic E-state index is 0.154. The van der Waals surface area contributed by atoms with Crippen molar-refractivity contribution >= 4 is 23.4 Å². The predicted molar refractivity (Wildman–Crippen MR) is 110 cm³/mol. The maximum atomic E-state index is 12.6. The number of ether oxygens (including phenoxy) is 2. The van der Waals surface area contributed by atoms with Crippen LogP contribution < -0.4 is 14.8 Å². The van der Waals surface area contributed by atoms with Crippen LogP contribution >= 0.6 is 11.8 Å². The molecule has 0 fully saturated rings. The Labute approximate surface area is 172 Å². The molecule has 1 N–H and O–H groups in total. The first-order chi connectivity index (χ1) is 14.0. The van der Waals surface area contributed by atoms with E-state index in [4.69, 9.17) is 9.47 Å². The number of benzene rings is 2. The number of anilines is 1. The van der Waals surface area contributed by atoms with Gasteiger partial charge in [-0.2, -0.15) is 4.68 Å². The van der Waals surface area contributed by atoms with Gasteiger partial charge in [-0.05, 0) is 53.1 Å². The van der Waals surface area contributed by atoms with E-state index in [0.717, 1.165) is 5.69 Å². The summed E-state index contributed by atoms with van der Waals surface area (Å²) in [5, 5.41) is 15.0. The zero-order chi connectivity index (χ0) is 20.4. The van der Waals surface area contributed by atoms with Crippen molar-refractivity contribution in [2.75, 3.05) is 12.1 Å². The molecule has 0 saturated carbocycles. The van der Waals surface area contributed by atoms with Crippen LogP contribution in [0.1, 0.15) is 32.3 Å². The highest BCUT2D eigenvalue weighted by Crippen LogP contribution is 2.34.